The van der Waals surface area contributed by atoms with Gasteiger partial charge in [0.05, 0.1) is 49.0 Å². The molecule has 17 nitrogen and oxygen atoms in total. The molecule has 3 aromatic rings. The van der Waals surface area contributed by atoms with Gasteiger partial charge in [0.25, 0.3) is 5.88 Å². The number of ether oxygens (including phenoxy) is 4. The number of primary sulfonamides is 1. The first-order valence-corrected chi connectivity index (χ1v) is 19.2. The van der Waals surface area contributed by atoms with Gasteiger partial charge in [0.15, 0.2) is 5.75 Å². The number of esters is 1. The predicted molar refractivity (Wildman–Crippen MR) is 198 cm³/mol. The number of nitrogens with zero attached hydrogens (tertiary/aromatic N) is 3. The minimum Gasteiger partial charge on any atom is -0.481 e. The third kappa shape index (κ3) is 15.1. The molecule has 53 heavy (non-hydrogen) atoms. The average Bonchev–Trinajstić information content (AvgIpc) is 3.58. The summed E-state index contributed by atoms with van der Waals surface area (Å²) in [6.45, 7) is 11.3. The van der Waals surface area contributed by atoms with Gasteiger partial charge < -0.3 is 44.7 Å². The Bertz CT molecular complexity index is 1730. The maximum atomic E-state index is 13.6. The molecule has 1 aromatic heterocycles. The Kier molecular flexibility index (Phi) is 16.7. The lowest BCUT2D eigenvalue weighted by Gasteiger charge is -2.28. The van der Waals surface area contributed by atoms with Crippen LogP contribution in [0.4, 0.5) is 11.5 Å². The number of nitrogens with two attached hydrogens (primary N) is 1. The molecule has 0 saturated carbocycles. The molecular weight excluding hydrogens is 733 g/mol. The molecule has 0 amide bonds. The van der Waals surface area contributed by atoms with Crippen LogP contribution in [0.15, 0.2) is 47.4 Å². The van der Waals surface area contributed by atoms with Gasteiger partial charge in [-0.3, -0.25) is 9.59 Å². The fraction of sp³-hybridized carbons (Fsp3) is 0.500. The van der Waals surface area contributed by atoms with Crippen molar-refractivity contribution in [3.8, 4) is 17.4 Å². The van der Waals surface area contributed by atoms with E-state index in [1.54, 1.807) is 24.3 Å². The number of hydrogen-bond acceptors (Lipinski definition) is 15. The van der Waals surface area contributed by atoms with Crippen LogP contribution in [0.25, 0.3) is 0 Å². The monoisotopic (exact) mass is 780 g/mol. The number of sulfonamides is 1. The number of aromatic nitrogens is 2. The molecule has 2 aromatic carbocycles. The number of morpholine rings is 1. The third-order valence-electron chi connectivity index (χ3n) is 7.25. The number of carboxylic acid groups (broad SMARTS) is 2. The first-order chi connectivity index (χ1) is 25.1. The Balaban J connectivity index is 0.000000846. The second-order valence-electron chi connectivity index (χ2n) is 12.8. The van der Waals surface area contributed by atoms with Gasteiger partial charge >= 0.3 is 17.9 Å². The number of rotatable bonds is 18. The summed E-state index contributed by atoms with van der Waals surface area (Å²) in [7, 11) is -4.31. The molecule has 1 fully saturated rings. The second kappa shape index (κ2) is 20.6. The van der Waals surface area contributed by atoms with E-state index in [9.17, 15) is 22.8 Å². The fourth-order valence-corrected chi connectivity index (χ4v) is 5.79. The summed E-state index contributed by atoms with van der Waals surface area (Å²) in [5.41, 5.74) is 0.0120. The van der Waals surface area contributed by atoms with Crippen LogP contribution in [0.2, 0.25) is 0 Å². The van der Waals surface area contributed by atoms with Crippen molar-refractivity contribution in [2.24, 2.45) is 5.14 Å². The smallest absolute Gasteiger partial charge is 0.338 e. The van der Waals surface area contributed by atoms with Gasteiger partial charge in [-0.1, -0.05) is 31.5 Å². The van der Waals surface area contributed by atoms with Gasteiger partial charge in [-0.2, -0.15) is 4.37 Å². The summed E-state index contributed by atoms with van der Waals surface area (Å²) in [6.07, 6.45) is 0.353. The summed E-state index contributed by atoms with van der Waals surface area (Å²) < 4.78 is 57.7. The number of benzene rings is 2. The Morgan fingerprint density at radius 2 is 1.72 bits per heavy atom. The average molecular weight is 781 g/mol. The van der Waals surface area contributed by atoms with E-state index in [2.05, 4.69) is 19.4 Å². The highest BCUT2D eigenvalue weighted by Crippen LogP contribution is 2.37. The lowest BCUT2D eigenvalue weighted by molar-refractivity contribution is -0.143. The Labute approximate surface area is 313 Å². The standard InChI is InChI=1S/C30H42N6O7S2.C4H6O4/c1-5-6-12-32-24-17-21(18-25(45(31,38)39)26(24)42-22-10-8-7-9-11-22)29(37)43-23(19-33-30(2,3)4)20-41-28-27(34-44-35-28)36-13-15-40-16-14-36;5-3(6)1-2-4(7)8/h7-11,17-18,23,32-33H,5-6,12-16,19-20H2,1-4H3,(H2,31,38,39);1-2H2,(H,5,6)(H,7,8)/t23-;/m0./s1. The summed E-state index contributed by atoms with van der Waals surface area (Å²) in [6, 6.07) is 11.4. The van der Waals surface area contributed by atoms with E-state index in [1.165, 1.54) is 12.1 Å². The van der Waals surface area contributed by atoms with Crippen LogP contribution < -0.4 is 30.1 Å². The summed E-state index contributed by atoms with van der Waals surface area (Å²) in [5, 5.41) is 28.0. The number of carbonyl (C=O) groups is 3. The fourth-order valence-electron chi connectivity index (χ4n) is 4.57. The van der Waals surface area contributed by atoms with Crippen molar-refractivity contribution >= 4 is 51.2 Å². The molecule has 0 unspecified atom stereocenters. The summed E-state index contributed by atoms with van der Waals surface area (Å²) in [5.74, 6) is -1.53. The molecule has 1 aliphatic rings. The van der Waals surface area contributed by atoms with Gasteiger partial charge in [0.2, 0.25) is 15.8 Å². The second-order valence-corrected chi connectivity index (χ2v) is 14.9. The topological polar surface area (TPSA) is 242 Å². The third-order valence-corrected chi connectivity index (χ3v) is 8.67. The normalized spacial score (nSPS) is 13.6. The molecule has 6 N–H and O–H groups in total. The zero-order valence-electron chi connectivity index (χ0n) is 30.2. The first kappa shape index (κ1) is 42.8. The van der Waals surface area contributed by atoms with Gasteiger partial charge in [-0.05, 0) is 51.5 Å². The molecule has 1 saturated heterocycles. The molecule has 0 radical (unpaired) electrons. The van der Waals surface area contributed by atoms with Crippen molar-refractivity contribution in [2.45, 2.75) is 69.9 Å². The maximum absolute atomic E-state index is 13.6. The maximum Gasteiger partial charge on any atom is 0.338 e. The predicted octanol–water partition coefficient (Wildman–Crippen LogP) is 3.95. The zero-order valence-corrected chi connectivity index (χ0v) is 31.8. The van der Waals surface area contributed by atoms with Crippen LogP contribution in [0.3, 0.4) is 0 Å². The van der Waals surface area contributed by atoms with Crippen LogP contribution in [-0.4, -0.2) is 103 Å². The Hall–Kier alpha value is -4.56. The molecule has 4 rings (SSSR count). The molecule has 1 aliphatic heterocycles. The van der Waals surface area contributed by atoms with Crippen LogP contribution in [0, 0.1) is 0 Å². The Morgan fingerprint density at radius 1 is 1.06 bits per heavy atom. The van der Waals surface area contributed by atoms with Crippen molar-refractivity contribution in [1.29, 1.82) is 0 Å². The minimum absolute atomic E-state index is 0.00249. The van der Waals surface area contributed by atoms with Crippen LogP contribution in [0.1, 0.15) is 63.7 Å². The highest BCUT2D eigenvalue weighted by atomic mass is 32.2. The number of anilines is 2. The van der Waals surface area contributed by atoms with Crippen LogP contribution >= 0.6 is 11.7 Å². The van der Waals surface area contributed by atoms with E-state index in [1.807, 2.05) is 38.7 Å². The van der Waals surface area contributed by atoms with Gasteiger partial charge in [0.1, 0.15) is 23.4 Å². The van der Waals surface area contributed by atoms with E-state index in [0.29, 0.717) is 56.0 Å². The highest BCUT2D eigenvalue weighted by molar-refractivity contribution is 7.89. The van der Waals surface area contributed by atoms with Crippen molar-refractivity contribution in [1.82, 2.24) is 14.1 Å². The molecule has 0 bridgehead atoms. The molecule has 2 heterocycles. The SMILES string of the molecule is CCCCNc1cc(C(=O)O[C@@H](CNC(C)(C)C)COc2nsnc2N2CCOCC2)cc(S(N)(=O)=O)c1Oc1ccccc1.O=C(O)CCC(=O)O. The molecule has 0 aliphatic carbocycles. The number of nitrogens with one attached hydrogen (secondary N) is 2. The minimum atomic E-state index is -4.31. The summed E-state index contributed by atoms with van der Waals surface area (Å²) >= 11 is 1.04. The van der Waals surface area contributed by atoms with E-state index in [-0.39, 0.29) is 47.7 Å². The number of unbranched alkanes of at least 4 members (excludes halogenated alkanes) is 1. The number of para-hydroxylation sites is 1. The largest absolute Gasteiger partial charge is 0.481 e. The van der Waals surface area contributed by atoms with E-state index in [4.69, 9.17) is 34.3 Å². The lowest BCUT2D eigenvalue weighted by Crippen LogP contribution is -2.44. The summed E-state index contributed by atoms with van der Waals surface area (Å²) in [4.78, 5) is 34.6. The van der Waals surface area contributed by atoms with Crippen molar-refractivity contribution in [2.75, 3.05) is 56.2 Å². The lowest BCUT2D eigenvalue weighted by atomic mass is 10.1. The first-order valence-electron chi connectivity index (χ1n) is 16.9. The number of aliphatic carboxylic acids is 2. The van der Waals surface area contributed by atoms with Crippen molar-refractivity contribution in [3.05, 3.63) is 48.0 Å². The molecular formula is C34H48N6O11S2. The zero-order chi connectivity index (χ0) is 39.0. The Morgan fingerprint density at radius 3 is 2.30 bits per heavy atom. The number of carboxylic acids is 2. The molecule has 0 spiro atoms. The molecule has 19 heteroatoms. The van der Waals surface area contributed by atoms with E-state index >= 15 is 0 Å². The van der Waals surface area contributed by atoms with Crippen molar-refractivity contribution < 1.29 is 52.0 Å². The van der Waals surface area contributed by atoms with Crippen molar-refractivity contribution in [3.63, 3.8) is 0 Å². The number of hydrogen-bond donors (Lipinski definition) is 5. The van der Waals surface area contributed by atoms with Crippen LogP contribution in [-0.2, 0) is 29.1 Å². The van der Waals surface area contributed by atoms with E-state index < -0.39 is 34.0 Å². The van der Waals surface area contributed by atoms with E-state index in [0.717, 1.165) is 24.6 Å². The highest BCUT2D eigenvalue weighted by Gasteiger charge is 2.27. The number of carbonyl (C=O) groups excluding carboxylic acids is 1. The molecule has 292 valence electrons. The molecule has 1 atom stereocenters. The van der Waals surface area contributed by atoms with Gasteiger partial charge in [0, 0.05) is 31.7 Å². The van der Waals surface area contributed by atoms with Gasteiger partial charge in [-0.15, -0.1) is 4.37 Å². The van der Waals surface area contributed by atoms with Crippen LogP contribution in [0.5, 0.6) is 17.4 Å². The quantitative estimate of drug-likeness (QED) is 0.0906. The van der Waals surface area contributed by atoms with Gasteiger partial charge in [-0.25, -0.2) is 18.4 Å².